The van der Waals surface area contributed by atoms with E-state index >= 15 is 0 Å². The molecular weight excluding hydrogens is 410 g/mol. The zero-order valence-electron chi connectivity index (χ0n) is 17.4. The SMILES string of the molecule is CCOc1c(Cl)cc(CNC(=O)CCCN2C(=O)NC3(CCCC3)C2=O)cc1OC. The third-order valence-electron chi connectivity index (χ3n) is 5.56. The first-order valence-electron chi connectivity index (χ1n) is 10.3. The van der Waals surface area contributed by atoms with Crippen LogP contribution in [0.4, 0.5) is 4.79 Å². The molecule has 8 nitrogen and oxygen atoms in total. The number of amides is 4. The second-order valence-electron chi connectivity index (χ2n) is 7.60. The topological polar surface area (TPSA) is 97.0 Å². The lowest BCUT2D eigenvalue weighted by atomic mass is 9.98. The molecule has 9 heteroatoms. The average molecular weight is 438 g/mol. The lowest BCUT2D eigenvalue weighted by Gasteiger charge is -2.19. The fraction of sp³-hybridized carbons (Fsp3) is 0.571. The fourth-order valence-corrected chi connectivity index (χ4v) is 4.33. The van der Waals surface area contributed by atoms with Crippen molar-refractivity contribution in [2.75, 3.05) is 20.3 Å². The van der Waals surface area contributed by atoms with E-state index in [1.165, 1.54) is 12.0 Å². The van der Waals surface area contributed by atoms with E-state index < -0.39 is 5.54 Å². The summed E-state index contributed by atoms with van der Waals surface area (Å²) in [5, 5.41) is 6.09. The Morgan fingerprint density at radius 3 is 2.70 bits per heavy atom. The molecule has 0 unspecified atom stereocenters. The average Bonchev–Trinajstić information content (AvgIpc) is 3.28. The summed E-state index contributed by atoms with van der Waals surface area (Å²) in [4.78, 5) is 38.2. The van der Waals surface area contributed by atoms with Crippen molar-refractivity contribution in [3.05, 3.63) is 22.7 Å². The molecule has 0 radical (unpaired) electrons. The largest absolute Gasteiger partial charge is 0.493 e. The second-order valence-corrected chi connectivity index (χ2v) is 8.01. The summed E-state index contributed by atoms with van der Waals surface area (Å²) in [7, 11) is 1.53. The quantitative estimate of drug-likeness (QED) is 0.579. The maximum absolute atomic E-state index is 12.6. The van der Waals surface area contributed by atoms with E-state index in [2.05, 4.69) is 10.6 Å². The van der Waals surface area contributed by atoms with Gasteiger partial charge in [0.1, 0.15) is 5.54 Å². The number of urea groups is 1. The van der Waals surface area contributed by atoms with Crippen LogP contribution in [0.25, 0.3) is 0 Å². The van der Waals surface area contributed by atoms with Crippen LogP contribution >= 0.6 is 11.6 Å². The fourth-order valence-electron chi connectivity index (χ4n) is 4.04. The van der Waals surface area contributed by atoms with Gasteiger partial charge >= 0.3 is 6.03 Å². The molecule has 1 spiro atoms. The summed E-state index contributed by atoms with van der Waals surface area (Å²) in [5.74, 6) is 0.668. The van der Waals surface area contributed by atoms with Gasteiger partial charge in [-0.3, -0.25) is 14.5 Å². The van der Waals surface area contributed by atoms with Crippen LogP contribution in [-0.2, 0) is 16.1 Å². The van der Waals surface area contributed by atoms with Crippen LogP contribution in [-0.4, -0.2) is 48.5 Å². The first-order valence-corrected chi connectivity index (χ1v) is 10.7. The van der Waals surface area contributed by atoms with Crippen molar-refractivity contribution < 1.29 is 23.9 Å². The first-order chi connectivity index (χ1) is 14.4. The van der Waals surface area contributed by atoms with Gasteiger partial charge in [-0.25, -0.2) is 4.79 Å². The molecule has 30 heavy (non-hydrogen) atoms. The molecule has 2 N–H and O–H groups in total. The molecule has 0 atom stereocenters. The predicted octanol–water partition coefficient (Wildman–Crippen LogP) is 3.01. The molecule has 3 rings (SSSR count). The number of nitrogens with zero attached hydrogens (tertiary/aromatic N) is 1. The predicted molar refractivity (Wildman–Crippen MR) is 112 cm³/mol. The van der Waals surface area contributed by atoms with Crippen LogP contribution in [0.15, 0.2) is 12.1 Å². The van der Waals surface area contributed by atoms with Gasteiger partial charge in [-0.2, -0.15) is 0 Å². The number of hydrogen-bond donors (Lipinski definition) is 2. The second kappa shape index (κ2) is 9.55. The minimum absolute atomic E-state index is 0.151. The Hall–Kier alpha value is -2.48. The molecule has 1 aromatic rings. The first kappa shape index (κ1) is 22.2. The Labute approximate surface area is 181 Å². The Bertz CT molecular complexity index is 823. The number of hydrogen-bond acceptors (Lipinski definition) is 5. The van der Waals surface area contributed by atoms with Gasteiger partial charge in [0, 0.05) is 19.5 Å². The van der Waals surface area contributed by atoms with Crippen molar-refractivity contribution in [1.29, 1.82) is 0 Å². The van der Waals surface area contributed by atoms with Gasteiger partial charge in [-0.1, -0.05) is 24.4 Å². The number of ether oxygens (including phenoxy) is 2. The third-order valence-corrected chi connectivity index (χ3v) is 5.84. The van der Waals surface area contributed by atoms with Crippen LogP contribution in [0.5, 0.6) is 11.5 Å². The maximum atomic E-state index is 12.6. The molecule has 1 aliphatic heterocycles. The monoisotopic (exact) mass is 437 g/mol. The van der Waals surface area contributed by atoms with E-state index in [1.54, 1.807) is 12.1 Å². The molecule has 1 aliphatic carbocycles. The third kappa shape index (κ3) is 4.64. The van der Waals surface area contributed by atoms with E-state index in [9.17, 15) is 14.4 Å². The summed E-state index contributed by atoms with van der Waals surface area (Å²) in [6.07, 6.45) is 3.91. The van der Waals surface area contributed by atoms with Crippen molar-refractivity contribution in [2.45, 2.75) is 57.5 Å². The summed E-state index contributed by atoms with van der Waals surface area (Å²) in [5.41, 5.74) is 0.0802. The zero-order chi connectivity index (χ0) is 21.7. The molecule has 1 heterocycles. The molecule has 1 aromatic carbocycles. The standard InChI is InChI=1S/C21H28ClN3O5/c1-3-30-18-15(22)11-14(12-16(18)29-2)13-23-17(26)7-6-10-25-19(27)21(24-20(25)28)8-4-5-9-21/h11-12H,3-10,13H2,1-2H3,(H,23,26)(H,24,28). The number of imide groups is 1. The Morgan fingerprint density at radius 2 is 2.03 bits per heavy atom. The van der Waals surface area contributed by atoms with Gasteiger partial charge in [0.15, 0.2) is 11.5 Å². The molecule has 1 saturated heterocycles. The number of benzene rings is 1. The van der Waals surface area contributed by atoms with E-state index in [-0.39, 0.29) is 37.4 Å². The molecule has 1 saturated carbocycles. The molecular formula is C21H28ClN3O5. The van der Waals surface area contributed by atoms with E-state index in [0.29, 0.717) is 42.4 Å². The lowest BCUT2D eigenvalue weighted by molar-refractivity contribution is -0.131. The molecule has 164 valence electrons. The number of nitrogens with one attached hydrogen (secondary N) is 2. The molecule has 4 amide bonds. The van der Waals surface area contributed by atoms with Gasteiger partial charge in [0.25, 0.3) is 5.91 Å². The summed E-state index contributed by atoms with van der Waals surface area (Å²) in [6.45, 7) is 2.84. The Morgan fingerprint density at radius 1 is 1.30 bits per heavy atom. The van der Waals surface area contributed by atoms with Gasteiger partial charge < -0.3 is 20.1 Å². The normalized spacial score (nSPS) is 17.4. The van der Waals surface area contributed by atoms with Crippen molar-refractivity contribution in [2.24, 2.45) is 0 Å². The van der Waals surface area contributed by atoms with Crippen LogP contribution < -0.4 is 20.1 Å². The minimum Gasteiger partial charge on any atom is -0.493 e. The van der Waals surface area contributed by atoms with Crippen molar-refractivity contribution >= 4 is 29.4 Å². The lowest BCUT2D eigenvalue weighted by Crippen LogP contribution is -2.44. The highest BCUT2D eigenvalue weighted by Crippen LogP contribution is 2.36. The van der Waals surface area contributed by atoms with E-state index in [1.807, 2.05) is 6.92 Å². The maximum Gasteiger partial charge on any atom is 0.325 e. The Kier molecular flexibility index (Phi) is 7.07. The van der Waals surface area contributed by atoms with Gasteiger partial charge in [0.2, 0.25) is 5.91 Å². The van der Waals surface area contributed by atoms with Gasteiger partial charge in [-0.15, -0.1) is 0 Å². The summed E-state index contributed by atoms with van der Waals surface area (Å²) < 4.78 is 10.8. The number of carbonyl (C=O) groups excluding carboxylic acids is 3. The van der Waals surface area contributed by atoms with Crippen LogP contribution in [0, 0.1) is 0 Å². The van der Waals surface area contributed by atoms with Crippen molar-refractivity contribution in [3.8, 4) is 11.5 Å². The highest BCUT2D eigenvalue weighted by atomic mass is 35.5. The van der Waals surface area contributed by atoms with Crippen molar-refractivity contribution in [1.82, 2.24) is 15.5 Å². The molecule has 0 aromatic heterocycles. The molecule has 0 bridgehead atoms. The number of methoxy groups -OCH3 is 1. The smallest absolute Gasteiger partial charge is 0.325 e. The highest BCUT2D eigenvalue weighted by Gasteiger charge is 2.52. The highest BCUT2D eigenvalue weighted by molar-refractivity contribution is 6.32. The van der Waals surface area contributed by atoms with Crippen molar-refractivity contribution in [3.63, 3.8) is 0 Å². The minimum atomic E-state index is -0.703. The summed E-state index contributed by atoms with van der Waals surface area (Å²) >= 11 is 6.25. The summed E-state index contributed by atoms with van der Waals surface area (Å²) in [6, 6.07) is 3.15. The molecule has 2 fully saturated rings. The van der Waals surface area contributed by atoms with E-state index in [4.69, 9.17) is 21.1 Å². The van der Waals surface area contributed by atoms with Crippen LogP contribution in [0.3, 0.4) is 0 Å². The molecule has 2 aliphatic rings. The van der Waals surface area contributed by atoms with Crippen LogP contribution in [0.2, 0.25) is 5.02 Å². The van der Waals surface area contributed by atoms with Gasteiger partial charge in [0.05, 0.1) is 18.7 Å². The van der Waals surface area contributed by atoms with Gasteiger partial charge in [-0.05, 0) is 43.9 Å². The Balaban J connectivity index is 1.47. The number of carbonyl (C=O) groups is 3. The number of rotatable bonds is 9. The zero-order valence-corrected chi connectivity index (χ0v) is 18.1. The number of halogens is 1. The van der Waals surface area contributed by atoms with E-state index in [0.717, 1.165) is 18.4 Å². The van der Waals surface area contributed by atoms with Crippen LogP contribution in [0.1, 0.15) is 51.0 Å².